The van der Waals surface area contributed by atoms with Crippen LogP contribution in [0.2, 0.25) is 0 Å². The fraction of sp³-hybridized carbons (Fsp3) is 0.182. The number of carbonyl (C=O) groups excluding carboxylic acids is 1. The van der Waals surface area contributed by atoms with Gasteiger partial charge in [-0.05, 0) is 31.5 Å². The summed E-state index contributed by atoms with van der Waals surface area (Å²) in [4.78, 5) is 20.7. The quantitative estimate of drug-likeness (QED) is 0.349. The number of halogens is 5. The van der Waals surface area contributed by atoms with Gasteiger partial charge in [-0.25, -0.2) is 23.4 Å². The molecule has 2 aromatic heterocycles. The number of ether oxygens (including phenoxy) is 1. The van der Waals surface area contributed by atoms with Gasteiger partial charge in [-0.3, -0.25) is 4.79 Å². The molecule has 0 unspecified atom stereocenters. The van der Waals surface area contributed by atoms with E-state index in [1.807, 2.05) is 5.32 Å². The molecule has 4 aromatic rings. The van der Waals surface area contributed by atoms with Gasteiger partial charge in [0.25, 0.3) is 5.91 Å². The number of aryl methyl sites for hydroxylation is 2. The number of nitrogens with two attached hydrogens (primary N) is 1. The molecule has 0 radical (unpaired) electrons. The number of hydrogen-bond donors (Lipinski definition) is 3. The molecule has 0 bridgehead atoms. The molecule has 14 heteroatoms. The van der Waals surface area contributed by atoms with E-state index in [1.54, 1.807) is 13.8 Å². The standard InChI is InChI=1S/C22H17F5N6O3/c1-9-17-18(20(28)30-10(2)29-17)33(32-9)16-8-13(23)15(7-14(16)24)31-21(35)19(34)11-4-3-5-12(6-11)36-22(25,26)27/h3-8,19,34H,1-2H3,(H,31,35)(H2,28,29,30)/t19-/m1/s1. The maximum atomic E-state index is 15.0. The summed E-state index contributed by atoms with van der Waals surface area (Å²) < 4.78 is 71.9. The first-order valence-electron chi connectivity index (χ1n) is 10.2. The molecule has 36 heavy (non-hydrogen) atoms. The van der Waals surface area contributed by atoms with Gasteiger partial charge in [0.2, 0.25) is 0 Å². The second-order valence-corrected chi connectivity index (χ2v) is 7.65. The van der Waals surface area contributed by atoms with E-state index in [1.165, 1.54) is 0 Å². The average molecular weight is 508 g/mol. The van der Waals surface area contributed by atoms with E-state index < -0.39 is 41.4 Å². The van der Waals surface area contributed by atoms with Crippen LogP contribution >= 0.6 is 0 Å². The van der Waals surface area contributed by atoms with E-state index in [2.05, 4.69) is 19.8 Å². The molecule has 1 atom stereocenters. The molecule has 4 rings (SSSR count). The molecule has 2 aromatic carbocycles. The van der Waals surface area contributed by atoms with Crippen LogP contribution in [0, 0.1) is 25.5 Å². The van der Waals surface area contributed by atoms with Crippen LogP contribution in [0.25, 0.3) is 16.7 Å². The van der Waals surface area contributed by atoms with Crippen LogP contribution in [0.5, 0.6) is 5.75 Å². The third kappa shape index (κ3) is 4.88. The zero-order chi connectivity index (χ0) is 26.4. The highest BCUT2D eigenvalue weighted by Crippen LogP contribution is 2.30. The van der Waals surface area contributed by atoms with Crippen LogP contribution < -0.4 is 15.8 Å². The van der Waals surface area contributed by atoms with E-state index in [-0.39, 0.29) is 22.6 Å². The zero-order valence-corrected chi connectivity index (χ0v) is 18.6. The normalized spacial score (nSPS) is 12.6. The molecule has 1 amide bonds. The molecule has 4 N–H and O–H groups in total. The summed E-state index contributed by atoms with van der Waals surface area (Å²) >= 11 is 0. The van der Waals surface area contributed by atoms with Gasteiger partial charge in [0.1, 0.15) is 34.1 Å². The molecule has 0 spiro atoms. The van der Waals surface area contributed by atoms with Gasteiger partial charge in [-0.1, -0.05) is 12.1 Å². The number of hydrogen-bond acceptors (Lipinski definition) is 7. The van der Waals surface area contributed by atoms with Gasteiger partial charge >= 0.3 is 6.36 Å². The Balaban J connectivity index is 1.62. The molecule has 9 nitrogen and oxygen atoms in total. The molecule has 0 aliphatic rings. The Labute approximate surface area is 199 Å². The van der Waals surface area contributed by atoms with E-state index in [9.17, 15) is 27.5 Å². The lowest BCUT2D eigenvalue weighted by atomic mass is 10.1. The molecule has 0 aliphatic heterocycles. The number of aliphatic hydroxyl groups is 1. The molecule has 0 saturated heterocycles. The minimum Gasteiger partial charge on any atom is -0.406 e. The Bertz CT molecular complexity index is 1490. The molecule has 188 valence electrons. The predicted octanol–water partition coefficient (Wildman–Crippen LogP) is 3.86. The van der Waals surface area contributed by atoms with Gasteiger partial charge in [-0.15, -0.1) is 13.2 Å². The molecule has 2 heterocycles. The first-order valence-corrected chi connectivity index (χ1v) is 10.2. The van der Waals surface area contributed by atoms with Crippen LogP contribution in [0.3, 0.4) is 0 Å². The molecular formula is C22H17F5N6O3. The van der Waals surface area contributed by atoms with E-state index >= 15 is 4.39 Å². The number of fused-ring (bicyclic) bond motifs is 1. The van der Waals surface area contributed by atoms with Gasteiger partial charge in [0, 0.05) is 12.1 Å². The van der Waals surface area contributed by atoms with E-state index in [4.69, 9.17) is 5.73 Å². The van der Waals surface area contributed by atoms with Gasteiger partial charge < -0.3 is 20.9 Å². The lowest BCUT2D eigenvalue weighted by Gasteiger charge is -2.15. The van der Waals surface area contributed by atoms with Crippen molar-refractivity contribution >= 4 is 28.4 Å². The second kappa shape index (κ2) is 9.03. The summed E-state index contributed by atoms with van der Waals surface area (Å²) in [5.41, 5.74) is 5.59. The third-order valence-corrected chi connectivity index (χ3v) is 5.01. The topological polar surface area (TPSA) is 128 Å². The van der Waals surface area contributed by atoms with Crippen molar-refractivity contribution in [2.75, 3.05) is 11.1 Å². The van der Waals surface area contributed by atoms with E-state index in [0.717, 1.165) is 35.0 Å². The molecular weight excluding hydrogens is 491 g/mol. The zero-order valence-electron chi connectivity index (χ0n) is 18.6. The Kier molecular flexibility index (Phi) is 6.22. The Morgan fingerprint density at radius 1 is 1.14 bits per heavy atom. The Hall–Kier alpha value is -4.33. The van der Waals surface area contributed by atoms with Crippen molar-refractivity contribution < 1.29 is 36.6 Å². The summed E-state index contributed by atoms with van der Waals surface area (Å²) in [5, 5.41) is 16.4. The van der Waals surface area contributed by atoms with Crippen molar-refractivity contribution in [1.82, 2.24) is 19.7 Å². The Morgan fingerprint density at radius 2 is 1.86 bits per heavy atom. The number of nitrogens with zero attached hydrogens (tertiary/aromatic N) is 4. The highest BCUT2D eigenvalue weighted by molar-refractivity contribution is 5.95. The number of benzene rings is 2. The van der Waals surface area contributed by atoms with Gasteiger partial charge in [0.15, 0.2) is 17.7 Å². The highest BCUT2D eigenvalue weighted by atomic mass is 19.4. The number of aliphatic hydroxyl groups excluding tert-OH is 1. The second-order valence-electron chi connectivity index (χ2n) is 7.65. The third-order valence-electron chi connectivity index (χ3n) is 5.01. The minimum absolute atomic E-state index is 0.00450. The lowest BCUT2D eigenvalue weighted by molar-refractivity contribution is -0.274. The summed E-state index contributed by atoms with van der Waals surface area (Å²) in [6, 6.07) is 5.45. The Morgan fingerprint density at radius 3 is 2.56 bits per heavy atom. The number of rotatable bonds is 5. The number of nitrogens with one attached hydrogen (secondary N) is 1. The largest absolute Gasteiger partial charge is 0.573 e. The average Bonchev–Trinajstić information content (AvgIpc) is 3.10. The number of amides is 1. The maximum absolute atomic E-state index is 15.0. The monoisotopic (exact) mass is 508 g/mol. The van der Waals surface area contributed by atoms with Crippen molar-refractivity contribution in [3.05, 3.63) is 65.1 Å². The number of alkyl halides is 3. The van der Waals surface area contributed by atoms with Crippen LogP contribution in [-0.2, 0) is 4.79 Å². The molecule has 0 aliphatic carbocycles. The number of carbonyl (C=O) groups is 1. The summed E-state index contributed by atoms with van der Waals surface area (Å²) in [6.07, 6.45) is -7.00. The smallest absolute Gasteiger partial charge is 0.406 e. The van der Waals surface area contributed by atoms with Crippen LogP contribution in [0.15, 0.2) is 36.4 Å². The predicted molar refractivity (Wildman–Crippen MR) is 117 cm³/mol. The SMILES string of the molecule is Cc1nc(N)c2c(n1)c(C)nn2-c1cc(F)c(NC(=O)[C@H](O)c2cccc(OC(F)(F)F)c2)cc1F. The first-order chi connectivity index (χ1) is 16.8. The van der Waals surface area contributed by atoms with Gasteiger partial charge in [-0.2, -0.15) is 5.10 Å². The number of nitrogen functional groups attached to an aromatic ring is 1. The van der Waals surface area contributed by atoms with Crippen molar-refractivity contribution in [3.63, 3.8) is 0 Å². The van der Waals surface area contributed by atoms with Gasteiger partial charge in [0.05, 0.1) is 11.4 Å². The van der Waals surface area contributed by atoms with Crippen molar-refractivity contribution in [2.45, 2.75) is 26.3 Å². The van der Waals surface area contributed by atoms with Crippen LogP contribution in [0.1, 0.15) is 23.2 Å². The minimum atomic E-state index is -4.98. The number of aromatic nitrogens is 4. The molecule has 0 saturated carbocycles. The summed E-state index contributed by atoms with van der Waals surface area (Å²) in [5.74, 6) is -3.64. The first kappa shape index (κ1) is 24.8. The lowest BCUT2D eigenvalue weighted by Crippen LogP contribution is -2.22. The summed E-state index contributed by atoms with van der Waals surface area (Å²) in [7, 11) is 0. The maximum Gasteiger partial charge on any atom is 0.573 e. The van der Waals surface area contributed by atoms with Crippen molar-refractivity contribution in [2.24, 2.45) is 0 Å². The van der Waals surface area contributed by atoms with Crippen molar-refractivity contribution in [1.29, 1.82) is 0 Å². The highest BCUT2D eigenvalue weighted by Gasteiger charge is 2.31. The summed E-state index contributed by atoms with van der Waals surface area (Å²) in [6.45, 7) is 3.21. The molecule has 0 fully saturated rings. The van der Waals surface area contributed by atoms with Crippen LogP contribution in [0.4, 0.5) is 33.5 Å². The number of anilines is 2. The fourth-order valence-electron chi connectivity index (χ4n) is 3.50. The van der Waals surface area contributed by atoms with Crippen molar-refractivity contribution in [3.8, 4) is 11.4 Å². The fourth-order valence-corrected chi connectivity index (χ4v) is 3.50. The van der Waals surface area contributed by atoms with E-state index in [0.29, 0.717) is 23.1 Å². The van der Waals surface area contributed by atoms with Crippen LogP contribution in [-0.4, -0.2) is 37.1 Å².